The van der Waals surface area contributed by atoms with Crippen molar-refractivity contribution in [3.63, 3.8) is 0 Å². The Kier molecular flexibility index (Phi) is 9.53. The van der Waals surface area contributed by atoms with E-state index >= 15 is 0 Å². The zero-order valence-electron chi connectivity index (χ0n) is 17.0. The molecule has 5 nitrogen and oxygen atoms in total. The summed E-state index contributed by atoms with van der Waals surface area (Å²) in [4.78, 5) is 14.2. The molecule has 150 valence electrons. The maximum Gasteiger partial charge on any atom is 0.222 e. The lowest BCUT2D eigenvalue weighted by molar-refractivity contribution is -0.130. The molecule has 0 radical (unpaired) electrons. The van der Waals surface area contributed by atoms with Crippen molar-refractivity contribution in [3.05, 3.63) is 46.8 Å². The number of amides is 1. The predicted molar refractivity (Wildman–Crippen MR) is 114 cm³/mol. The number of halogens is 1. The second kappa shape index (κ2) is 11.1. The van der Waals surface area contributed by atoms with Crippen LogP contribution in [0.3, 0.4) is 0 Å². The third-order valence-electron chi connectivity index (χ3n) is 4.95. The van der Waals surface area contributed by atoms with Crippen molar-refractivity contribution < 1.29 is 4.79 Å². The van der Waals surface area contributed by atoms with E-state index in [1.807, 2.05) is 35.7 Å². The van der Waals surface area contributed by atoms with E-state index in [4.69, 9.17) is 10.8 Å². The molecule has 1 amide bonds. The van der Waals surface area contributed by atoms with Gasteiger partial charge in [0.1, 0.15) is 0 Å². The zero-order chi connectivity index (χ0) is 19.1. The summed E-state index contributed by atoms with van der Waals surface area (Å²) >= 11 is 0. The second-order valence-electron chi connectivity index (χ2n) is 7.05. The van der Waals surface area contributed by atoms with Gasteiger partial charge in [-0.15, -0.1) is 12.4 Å². The first-order valence-electron chi connectivity index (χ1n) is 9.50. The van der Waals surface area contributed by atoms with E-state index in [1.54, 1.807) is 0 Å². The van der Waals surface area contributed by atoms with Crippen molar-refractivity contribution >= 4 is 18.3 Å². The smallest absolute Gasteiger partial charge is 0.222 e. The number of nitrogens with zero attached hydrogens (tertiary/aromatic N) is 3. The normalized spacial score (nSPS) is 10.6. The molecule has 1 aromatic heterocycles. The molecule has 27 heavy (non-hydrogen) atoms. The Labute approximate surface area is 169 Å². The summed E-state index contributed by atoms with van der Waals surface area (Å²) in [5.74, 6) is 0.195. The summed E-state index contributed by atoms with van der Waals surface area (Å²) < 4.78 is 1.99. The first-order chi connectivity index (χ1) is 12.5. The first-order valence-corrected chi connectivity index (χ1v) is 9.50. The minimum Gasteiger partial charge on any atom is -0.341 e. The third-order valence-corrected chi connectivity index (χ3v) is 4.95. The molecule has 0 saturated carbocycles. The summed E-state index contributed by atoms with van der Waals surface area (Å²) in [6.07, 6.45) is 4.75. The summed E-state index contributed by atoms with van der Waals surface area (Å²) in [7, 11) is 1.88. The summed E-state index contributed by atoms with van der Waals surface area (Å²) in [6.45, 7) is 7.52. The molecule has 1 heterocycles. The minimum atomic E-state index is 0. The van der Waals surface area contributed by atoms with Crippen molar-refractivity contribution in [2.24, 2.45) is 5.73 Å². The fourth-order valence-electron chi connectivity index (χ4n) is 3.23. The van der Waals surface area contributed by atoms with Crippen LogP contribution in [0.25, 0.3) is 5.69 Å². The number of rotatable bonds is 9. The number of para-hydroxylation sites is 1. The van der Waals surface area contributed by atoms with Gasteiger partial charge in [0.05, 0.1) is 11.4 Å². The van der Waals surface area contributed by atoms with Gasteiger partial charge in [-0.2, -0.15) is 5.10 Å². The molecule has 2 rings (SSSR count). The van der Waals surface area contributed by atoms with E-state index in [1.165, 1.54) is 5.56 Å². The molecule has 2 N–H and O–H groups in total. The number of nitrogens with two attached hydrogens (primary N) is 1. The Hall–Kier alpha value is -1.85. The average molecular weight is 393 g/mol. The number of aromatic nitrogens is 2. The van der Waals surface area contributed by atoms with E-state index in [-0.39, 0.29) is 18.3 Å². The molecule has 0 aliphatic carbocycles. The third kappa shape index (κ3) is 6.08. The Bertz CT molecular complexity index is 742. The average Bonchev–Trinajstić information content (AvgIpc) is 2.89. The predicted octanol–water partition coefficient (Wildman–Crippen LogP) is 4.09. The molecular formula is C21H33ClN4O. The van der Waals surface area contributed by atoms with E-state index in [0.717, 1.165) is 54.9 Å². The Morgan fingerprint density at radius 2 is 1.78 bits per heavy atom. The number of hydrogen-bond donors (Lipinski definition) is 1. The number of carbonyl (C=O) groups is 1. The Balaban J connectivity index is 0.00000364. The summed E-state index contributed by atoms with van der Waals surface area (Å²) in [6, 6.07) is 8.23. The van der Waals surface area contributed by atoms with Crippen LogP contribution in [0.1, 0.15) is 54.6 Å². The van der Waals surface area contributed by atoms with Gasteiger partial charge in [-0.3, -0.25) is 4.79 Å². The van der Waals surface area contributed by atoms with E-state index in [0.29, 0.717) is 13.0 Å². The minimum absolute atomic E-state index is 0. The molecule has 0 spiro atoms. The quantitative estimate of drug-likeness (QED) is 0.653. The highest BCUT2D eigenvalue weighted by Gasteiger charge is 2.17. The van der Waals surface area contributed by atoms with E-state index in [9.17, 15) is 4.79 Å². The van der Waals surface area contributed by atoms with Gasteiger partial charge in [0.2, 0.25) is 5.91 Å². The number of aryl methyl sites for hydroxylation is 2. The van der Waals surface area contributed by atoms with Crippen LogP contribution in [0.2, 0.25) is 0 Å². The van der Waals surface area contributed by atoms with Crippen molar-refractivity contribution in [2.45, 2.75) is 59.4 Å². The molecule has 0 fully saturated rings. The Morgan fingerprint density at radius 1 is 1.11 bits per heavy atom. The monoisotopic (exact) mass is 392 g/mol. The number of hydrogen-bond acceptors (Lipinski definition) is 3. The molecule has 0 unspecified atom stereocenters. The topological polar surface area (TPSA) is 64.2 Å². The molecule has 0 atom stereocenters. The number of carbonyl (C=O) groups excluding carboxylic acids is 1. The molecule has 1 aromatic carbocycles. The van der Waals surface area contributed by atoms with Crippen LogP contribution in [-0.2, 0) is 11.3 Å². The first kappa shape index (κ1) is 23.2. The highest BCUT2D eigenvalue weighted by atomic mass is 35.5. The van der Waals surface area contributed by atoms with E-state index < -0.39 is 0 Å². The van der Waals surface area contributed by atoms with Crippen LogP contribution in [-0.4, -0.2) is 34.2 Å². The lowest BCUT2D eigenvalue weighted by atomic mass is 10.1. The molecule has 0 bridgehead atoms. The maximum absolute atomic E-state index is 12.4. The maximum atomic E-state index is 12.4. The van der Waals surface area contributed by atoms with Crippen molar-refractivity contribution in [1.82, 2.24) is 14.7 Å². The van der Waals surface area contributed by atoms with Gasteiger partial charge in [0.15, 0.2) is 0 Å². The fraction of sp³-hybridized carbons (Fsp3) is 0.524. The largest absolute Gasteiger partial charge is 0.341 e. The van der Waals surface area contributed by atoms with Crippen LogP contribution in [0, 0.1) is 20.8 Å². The molecule has 0 aliphatic heterocycles. The van der Waals surface area contributed by atoms with Crippen LogP contribution in [0.5, 0.6) is 0 Å². The highest BCUT2D eigenvalue weighted by Crippen LogP contribution is 2.21. The van der Waals surface area contributed by atoms with Gasteiger partial charge in [0, 0.05) is 31.3 Å². The second-order valence-corrected chi connectivity index (χ2v) is 7.05. The highest BCUT2D eigenvalue weighted by molar-refractivity contribution is 5.85. The van der Waals surface area contributed by atoms with Crippen LogP contribution in [0.4, 0.5) is 0 Å². The summed E-state index contributed by atoms with van der Waals surface area (Å²) in [5, 5.41) is 4.72. The van der Waals surface area contributed by atoms with Gasteiger partial charge in [0.25, 0.3) is 0 Å². The lowest BCUT2D eigenvalue weighted by Crippen LogP contribution is -2.26. The Morgan fingerprint density at radius 3 is 2.44 bits per heavy atom. The zero-order valence-corrected chi connectivity index (χ0v) is 17.8. The van der Waals surface area contributed by atoms with Crippen molar-refractivity contribution in [3.8, 4) is 5.69 Å². The van der Waals surface area contributed by atoms with Crippen LogP contribution in [0.15, 0.2) is 24.3 Å². The molecule has 6 heteroatoms. The number of unbranched alkanes of at least 4 members (excludes halogenated alkanes) is 3. The molecule has 0 saturated heterocycles. The van der Waals surface area contributed by atoms with Crippen molar-refractivity contribution in [2.75, 3.05) is 13.6 Å². The molecule has 2 aromatic rings. The summed E-state index contributed by atoms with van der Waals surface area (Å²) in [5.41, 5.74) is 11.0. The van der Waals surface area contributed by atoms with Crippen molar-refractivity contribution in [1.29, 1.82) is 0 Å². The molecular weight excluding hydrogens is 360 g/mol. The standard InChI is InChI=1S/C21H32N4O.ClH/c1-16-11-8-9-12-20(16)25-18(3)19(17(2)23-25)15-24(4)21(26)13-7-5-6-10-14-22;/h8-9,11-12H,5-7,10,13-15,22H2,1-4H3;1H. The van der Waals surface area contributed by atoms with Gasteiger partial charge in [-0.25, -0.2) is 4.68 Å². The van der Waals surface area contributed by atoms with Crippen LogP contribution < -0.4 is 5.73 Å². The number of benzene rings is 1. The van der Waals surface area contributed by atoms with Gasteiger partial charge >= 0.3 is 0 Å². The fourth-order valence-corrected chi connectivity index (χ4v) is 3.23. The lowest BCUT2D eigenvalue weighted by Gasteiger charge is -2.18. The van der Waals surface area contributed by atoms with Crippen LogP contribution >= 0.6 is 12.4 Å². The molecule has 0 aliphatic rings. The SMILES string of the molecule is Cc1ccccc1-n1nc(C)c(CN(C)C(=O)CCCCCCN)c1C.Cl. The van der Waals surface area contributed by atoms with Gasteiger partial charge < -0.3 is 10.6 Å². The van der Waals surface area contributed by atoms with E-state index in [2.05, 4.69) is 26.0 Å². The van der Waals surface area contributed by atoms with Gasteiger partial charge in [-0.05, 0) is 51.8 Å². The van der Waals surface area contributed by atoms with Gasteiger partial charge in [-0.1, -0.05) is 31.0 Å².